The van der Waals surface area contributed by atoms with Gasteiger partial charge in [-0.25, -0.2) is 4.79 Å². The lowest BCUT2D eigenvalue weighted by Crippen LogP contribution is -2.49. The van der Waals surface area contributed by atoms with E-state index in [1.807, 2.05) is 23.1 Å². The van der Waals surface area contributed by atoms with Crippen molar-refractivity contribution >= 4 is 23.6 Å². The van der Waals surface area contributed by atoms with E-state index in [1.165, 1.54) is 12.5 Å². The molecule has 0 spiro atoms. The highest BCUT2D eigenvalue weighted by atomic mass is 16.2. The first-order chi connectivity index (χ1) is 13.1. The minimum atomic E-state index is -0.116. The summed E-state index contributed by atoms with van der Waals surface area (Å²) in [5.41, 5.74) is 2.45. The number of amides is 2. The maximum atomic E-state index is 12.5. The molecule has 2 aromatic carbocycles. The molecule has 5 nitrogen and oxygen atoms in total. The van der Waals surface area contributed by atoms with Gasteiger partial charge in [0.15, 0.2) is 5.78 Å². The lowest BCUT2D eigenvalue weighted by molar-refractivity contribution is 0.101. The maximum Gasteiger partial charge on any atom is 0.321 e. The van der Waals surface area contributed by atoms with Gasteiger partial charge in [0.2, 0.25) is 0 Å². The Bertz CT molecular complexity index is 809. The Balaban J connectivity index is 1.46. The minimum Gasteiger partial charge on any atom is -0.322 e. The molecule has 1 heterocycles. The van der Waals surface area contributed by atoms with E-state index in [0.717, 1.165) is 19.6 Å². The molecule has 0 radical (unpaired) electrons. The van der Waals surface area contributed by atoms with Crippen molar-refractivity contribution in [3.8, 4) is 0 Å². The summed E-state index contributed by atoms with van der Waals surface area (Å²) >= 11 is 0. The summed E-state index contributed by atoms with van der Waals surface area (Å²) < 4.78 is 0. The predicted octanol–water partition coefficient (Wildman–Crippen LogP) is 3.75. The molecule has 3 rings (SSSR count). The van der Waals surface area contributed by atoms with Gasteiger partial charge in [0.05, 0.1) is 0 Å². The lowest BCUT2D eigenvalue weighted by atomic mass is 10.1. The van der Waals surface area contributed by atoms with Gasteiger partial charge < -0.3 is 10.2 Å². The summed E-state index contributed by atoms with van der Waals surface area (Å²) in [5, 5.41) is 2.89. The summed E-state index contributed by atoms with van der Waals surface area (Å²) in [7, 11) is 0. The van der Waals surface area contributed by atoms with Crippen molar-refractivity contribution in [2.45, 2.75) is 6.92 Å². The largest absolute Gasteiger partial charge is 0.322 e. The van der Waals surface area contributed by atoms with Crippen molar-refractivity contribution in [3.05, 3.63) is 71.8 Å². The van der Waals surface area contributed by atoms with E-state index in [0.29, 0.717) is 24.3 Å². The Morgan fingerprint density at radius 2 is 1.74 bits per heavy atom. The second kappa shape index (κ2) is 9.14. The van der Waals surface area contributed by atoms with Crippen LogP contribution in [-0.4, -0.2) is 54.3 Å². The molecule has 1 N–H and O–H groups in total. The van der Waals surface area contributed by atoms with Gasteiger partial charge in [-0.3, -0.25) is 9.69 Å². The fourth-order valence-corrected chi connectivity index (χ4v) is 3.05. The number of urea groups is 1. The van der Waals surface area contributed by atoms with Crippen molar-refractivity contribution in [2.75, 3.05) is 38.0 Å². The Morgan fingerprint density at radius 3 is 2.44 bits per heavy atom. The molecule has 27 heavy (non-hydrogen) atoms. The van der Waals surface area contributed by atoms with Crippen LogP contribution in [0.25, 0.3) is 6.08 Å². The first kappa shape index (κ1) is 18.9. The number of hydrogen-bond donors (Lipinski definition) is 1. The number of anilines is 1. The topological polar surface area (TPSA) is 52.7 Å². The van der Waals surface area contributed by atoms with Crippen LogP contribution in [-0.2, 0) is 0 Å². The molecule has 0 atom stereocenters. The zero-order chi connectivity index (χ0) is 19.1. The van der Waals surface area contributed by atoms with Gasteiger partial charge >= 0.3 is 6.03 Å². The van der Waals surface area contributed by atoms with Crippen LogP contribution in [0, 0.1) is 0 Å². The average Bonchev–Trinajstić information content (AvgIpc) is 2.69. The second-order valence-corrected chi connectivity index (χ2v) is 6.67. The molecule has 1 aliphatic rings. The molecular weight excluding hydrogens is 338 g/mol. The number of rotatable bonds is 5. The molecule has 1 saturated heterocycles. The first-order valence-electron chi connectivity index (χ1n) is 9.23. The molecule has 2 aromatic rings. The standard InChI is InChI=1S/C22H25N3O2/c1-18(26)20-10-5-11-21(17-20)23-22(27)25-15-13-24(14-16-25)12-6-9-19-7-3-2-4-8-19/h2-11,17H,12-16H2,1H3,(H,23,27). The number of ketones is 1. The van der Waals surface area contributed by atoms with E-state index in [4.69, 9.17) is 0 Å². The van der Waals surface area contributed by atoms with Gasteiger partial charge in [-0.05, 0) is 24.6 Å². The monoisotopic (exact) mass is 363 g/mol. The zero-order valence-corrected chi connectivity index (χ0v) is 15.6. The third-order valence-electron chi connectivity index (χ3n) is 4.65. The number of nitrogens with zero attached hydrogens (tertiary/aromatic N) is 2. The van der Waals surface area contributed by atoms with Crippen LogP contribution in [0.4, 0.5) is 10.5 Å². The third kappa shape index (κ3) is 5.53. The molecule has 5 heteroatoms. The van der Waals surface area contributed by atoms with Crippen molar-refractivity contribution in [3.63, 3.8) is 0 Å². The number of piperazine rings is 1. The van der Waals surface area contributed by atoms with Crippen LogP contribution in [0.3, 0.4) is 0 Å². The third-order valence-corrected chi connectivity index (χ3v) is 4.65. The van der Waals surface area contributed by atoms with E-state index in [-0.39, 0.29) is 11.8 Å². The fourth-order valence-electron chi connectivity index (χ4n) is 3.05. The van der Waals surface area contributed by atoms with Gasteiger partial charge in [0.25, 0.3) is 0 Å². The van der Waals surface area contributed by atoms with Crippen LogP contribution in [0.1, 0.15) is 22.8 Å². The number of benzene rings is 2. The normalized spacial score (nSPS) is 15.1. The minimum absolute atomic E-state index is 0.0109. The number of Topliss-reactive ketones (excluding diaryl/α,β-unsaturated/α-hetero) is 1. The number of carbonyl (C=O) groups is 2. The van der Waals surface area contributed by atoms with Crippen LogP contribution >= 0.6 is 0 Å². The average molecular weight is 363 g/mol. The summed E-state index contributed by atoms with van der Waals surface area (Å²) in [5.74, 6) is -0.0109. The van der Waals surface area contributed by atoms with Crippen molar-refractivity contribution in [2.24, 2.45) is 0 Å². The lowest BCUT2D eigenvalue weighted by Gasteiger charge is -2.34. The van der Waals surface area contributed by atoms with E-state index in [1.54, 1.807) is 24.3 Å². The van der Waals surface area contributed by atoms with Crippen molar-refractivity contribution in [1.82, 2.24) is 9.80 Å². The van der Waals surface area contributed by atoms with Gasteiger partial charge in [-0.15, -0.1) is 0 Å². The molecule has 0 unspecified atom stereocenters. The molecule has 140 valence electrons. The van der Waals surface area contributed by atoms with E-state index < -0.39 is 0 Å². The van der Waals surface area contributed by atoms with Crippen molar-refractivity contribution < 1.29 is 9.59 Å². The van der Waals surface area contributed by atoms with Gasteiger partial charge in [0.1, 0.15) is 0 Å². The Hall–Kier alpha value is -2.92. The molecule has 1 aliphatic heterocycles. The highest BCUT2D eigenvalue weighted by Crippen LogP contribution is 2.13. The van der Waals surface area contributed by atoms with E-state index in [9.17, 15) is 9.59 Å². The number of hydrogen-bond acceptors (Lipinski definition) is 3. The SMILES string of the molecule is CC(=O)c1cccc(NC(=O)N2CCN(CC=Cc3ccccc3)CC2)c1. The van der Waals surface area contributed by atoms with Crippen molar-refractivity contribution in [1.29, 1.82) is 0 Å². The molecule has 2 amide bonds. The molecule has 1 fully saturated rings. The molecule has 0 aromatic heterocycles. The quantitative estimate of drug-likeness (QED) is 0.823. The Kier molecular flexibility index (Phi) is 6.39. The predicted molar refractivity (Wildman–Crippen MR) is 109 cm³/mol. The second-order valence-electron chi connectivity index (χ2n) is 6.67. The highest BCUT2D eigenvalue weighted by molar-refractivity contribution is 5.96. The van der Waals surface area contributed by atoms with Gasteiger partial charge in [0, 0.05) is 44.0 Å². The molecule has 0 aliphatic carbocycles. The summed E-state index contributed by atoms with van der Waals surface area (Å²) in [6, 6.07) is 17.2. The smallest absolute Gasteiger partial charge is 0.321 e. The fraction of sp³-hybridized carbons (Fsp3) is 0.273. The Labute approximate surface area is 160 Å². The van der Waals surface area contributed by atoms with Crippen LogP contribution in [0.2, 0.25) is 0 Å². The summed E-state index contributed by atoms with van der Waals surface area (Å²) in [6.45, 7) is 5.48. The molecular formula is C22H25N3O2. The van der Waals surface area contributed by atoms with E-state index >= 15 is 0 Å². The van der Waals surface area contributed by atoms with Crippen LogP contribution in [0.5, 0.6) is 0 Å². The van der Waals surface area contributed by atoms with Gasteiger partial charge in [-0.2, -0.15) is 0 Å². The first-order valence-corrected chi connectivity index (χ1v) is 9.23. The highest BCUT2D eigenvalue weighted by Gasteiger charge is 2.20. The number of carbonyl (C=O) groups excluding carboxylic acids is 2. The Morgan fingerprint density at radius 1 is 1.00 bits per heavy atom. The summed E-state index contributed by atoms with van der Waals surface area (Å²) in [4.78, 5) is 28.1. The van der Waals surface area contributed by atoms with E-state index in [2.05, 4.69) is 34.5 Å². The summed E-state index contributed by atoms with van der Waals surface area (Å²) in [6.07, 6.45) is 4.29. The van der Waals surface area contributed by atoms with Crippen LogP contribution < -0.4 is 5.32 Å². The van der Waals surface area contributed by atoms with Gasteiger partial charge in [-0.1, -0.05) is 54.6 Å². The molecule has 0 bridgehead atoms. The number of nitrogens with one attached hydrogen (secondary N) is 1. The molecule has 0 saturated carbocycles. The zero-order valence-electron chi connectivity index (χ0n) is 15.6. The van der Waals surface area contributed by atoms with Crippen LogP contribution in [0.15, 0.2) is 60.7 Å². The maximum absolute atomic E-state index is 12.5.